The standard InChI is InChI=1S/C17H23N5O2/c1-3-24-17(23)14-15(18)22(13-7-5-4-6-8-13)19-16(14)21-11-9-20(2)10-12-21/h4-8H,3,9-12,18H2,1-2H3. The lowest BCUT2D eigenvalue weighted by atomic mass is 10.2. The number of nitrogens with zero attached hydrogens (tertiary/aromatic N) is 4. The van der Waals surface area contributed by atoms with Crippen molar-refractivity contribution in [3.8, 4) is 5.69 Å². The highest BCUT2D eigenvalue weighted by atomic mass is 16.5. The molecule has 1 saturated heterocycles. The minimum absolute atomic E-state index is 0.303. The maximum Gasteiger partial charge on any atom is 0.345 e. The Labute approximate surface area is 141 Å². The Morgan fingerprint density at radius 1 is 1.21 bits per heavy atom. The molecule has 0 unspecified atom stereocenters. The van der Waals surface area contributed by atoms with Gasteiger partial charge in [0.1, 0.15) is 11.4 Å². The number of rotatable bonds is 4. The number of benzene rings is 1. The molecular weight excluding hydrogens is 306 g/mol. The van der Waals surface area contributed by atoms with Gasteiger partial charge < -0.3 is 20.3 Å². The van der Waals surface area contributed by atoms with Gasteiger partial charge in [-0.05, 0) is 26.1 Å². The molecule has 128 valence electrons. The number of ether oxygens (including phenoxy) is 1. The number of anilines is 2. The van der Waals surface area contributed by atoms with Crippen molar-refractivity contribution < 1.29 is 9.53 Å². The van der Waals surface area contributed by atoms with Crippen molar-refractivity contribution >= 4 is 17.6 Å². The van der Waals surface area contributed by atoms with Crippen LogP contribution in [0.15, 0.2) is 30.3 Å². The zero-order chi connectivity index (χ0) is 17.1. The number of carbonyl (C=O) groups excluding carboxylic acids is 1. The van der Waals surface area contributed by atoms with E-state index in [1.807, 2.05) is 30.3 Å². The molecule has 1 aromatic carbocycles. The Bertz CT molecular complexity index is 705. The van der Waals surface area contributed by atoms with Crippen molar-refractivity contribution in [3.63, 3.8) is 0 Å². The number of esters is 1. The van der Waals surface area contributed by atoms with Gasteiger partial charge in [-0.25, -0.2) is 9.48 Å². The summed E-state index contributed by atoms with van der Waals surface area (Å²) in [5.41, 5.74) is 7.44. The van der Waals surface area contributed by atoms with Crippen LogP contribution < -0.4 is 10.6 Å². The summed E-state index contributed by atoms with van der Waals surface area (Å²) in [5.74, 6) is 0.489. The van der Waals surface area contributed by atoms with Crippen LogP contribution in [0.25, 0.3) is 5.69 Å². The average Bonchev–Trinajstić information content (AvgIpc) is 2.94. The summed E-state index contributed by atoms with van der Waals surface area (Å²) in [6.45, 7) is 5.52. The fraction of sp³-hybridized carbons (Fsp3) is 0.412. The zero-order valence-electron chi connectivity index (χ0n) is 14.1. The monoisotopic (exact) mass is 329 g/mol. The lowest BCUT2D eigenvalue weighted by molar-refractivity contribution is 0.0528. The molecule has 2 aromatic rings. The predicted octanol–water partition coefficient (Wildman–Crippen LogP) is 1.38. The van der Waals surface area contributed by atoms with Crippen LogP contribution in [0.1, 0.15) is 17.3 Å². The van der Waals surface area contributed by atoms with Crippen molar-refractivity contribution in [2.75, 3.05) is 50.5 Å². The van der Waals surface area contributed by atoms with Crippen molar-refractivity contribution in [1.82, 2.24) is 14.7 Å². The molecule has 0 saturated carbocycles. The van der Waals surface area contributed by atoms with E-state index in [-0.39, 0.29) is 0 Å². The van der Waals surface area contributed by atoms with Crippen LogP contribution in [0.5, 0.6) is 0 Å². The molecule has 0 radical (unpaired) electrons. The second-order valence-corrected chi connectivity index (χ2v) is 5.84. The Hall–Kier alpha value is -2.54. The first-order valence-electron chi connectivity index (χ1n) is 8.16. The molecule has 0 aliphatic carbocycles. The van der Waals surface area contributed by atoms with Crippen LogP contribution >= 0.6 is 0 Å². The first-order chi connectivity index (χ1) is 11.6. The van der Waals surface area contributed by atoms with Gasteiger partial charge in [0.2, 0.25) is 0 Å². The summed E-state index contributed by atoms with van der Waals surface area (Å²) < 4.78 is 6.81. The summed E-state index contributed by atoms with van der Waals surface area (Å²) in [5, 5.41) is 4.63. The number of hydrogen-bond acceptors (Lipinski definition) is 6. The number of piperazine rings is 1. The van der Waals surface area contributed by atoms with Gasteiger partial charge in [0.25, 0.3) is 0 Å². The Morgan fingerprint density at radius 2 is 1.88 bits per heavy atom. The zero-order valence-corrected chi connectivity index (χ0v) is 14.1. The molecule has 0 bridgehead atoms. The third-order valence-electron chi connectivity index (χ3n) is 4.19. The van der Waals surface area contributed by atoms with Crippen LogP contribution in [0.3, 0.4) is 0 Å². The lowest BCUT2D eigenvalue weighted by Gasteiger charge is -2.32. The third-order valence-corrected chi connectivity index (χ3v) is 4.19. The maximum absolute atomic E-state index is 12.4. The first kappa shape index (κ1) is 16.3. The van der Waals surface area contributed by atoms with E-state index in [0.717, 1.165) is 31.9 Å². The molecule has 1 aliphatic heterocycles. The highest BCUT2D eigenvalue weighted by Crippen LogP contribution is 2.29. The van der Waals surface area contributed by atoms with Crippen LogP contribution in [-0.4, -0.2) is 60.5 Å². The van der Waals surface area contributed by atoms with Gasteiger partial charge in [0, 0.05) is 26.2 Å². The van der Waals surface area contributed by atoms with Gasteiger partial charge in [-0.15, -0.1) is 5.10 Å². The number of para-hydroxylation sites is 1. The van der Waals surface area contributed by atoms with Crippen molar-refractivity contribution in [2.45, 2.75) is 6.92 Å². The van der Waals surface area contributed by atoms with Crippen LogP contribution in [-0.2, 0) is 4.74 Å². The van der Waals surface area contributed by atoms with Gasteiger partial charge in [-0.1, -0.05) is 18.2 Å². The summed E-state index contributed by atoms with van der Waals surface area (Å²) in [6, 6.07) is 9.57. The lowest BCUT2D eigenvalue weighted by Crippen LogP contribution is -2.45. The maximum atomic E-state index is 12.4. The Balaban J connectivity index is 2.04. The second kappa shape index (κ2) is 6.92. The fourth-order valence-electron chi connectivity index (χ4n) is 2.82. The highest BCUT2D eigenvalue weighted by Gasteiger charge is 2.29. The van der Waals surface area contributed by atoms with Gasteiger partial charge in [-0.2, -0.15) is 0 Å². The number of hydrogen-bond donors (Lipinski definition) is 1. The molecule has 7 nitrogen and oxygen atoms in total. The molecule has 24 heavy (non-hydrogen) atoms. The number of aromatic nitrogens is 2. The molecule has 0 spiro atoms. The largest absolute Gasteiger partial charge is 0.462 e. The normalized spacial score (nSPS) is 15.5. The first-order valence-corrected chi connectivity index (χ1v) is 8.16. The highest BCUT2D eigenvalue weighted by molar-refractivity contribution is 6.00. The predicted molar refractivity (Wildman–Crippen MR) is 93.6 cm³/mol. The van der Waals surface area contributed by atoms with Crippen molar-refractivity contribution in [2.24, 2.45) is 0 Å². The fourth-order valence-corrected chi connectivity index (χ4v) is 2.82. The van der Waals surface area contributed by atoms with Crippen LogP contribution in [0.4, 0.5) is 11.6 Å². The SMILES string of the molecule is CCOC(=O)c1c(N2CCN(C)CC2)nn(-c2ccccc2)c1N. The van der Waals surface area contributed by atoms with Gasteiger partial charge in [0.05, 0.1) is 12.3 Å². The summed E-state index contributed by atoms with van der Waals surface area (Å²) in [7, 11) is 2.08. The molecule has 3 rings (SSSR count). The van der Waals surface area contributed by atoms with Crippen molar-refractivity contribution in [1.29, 1.82) is 0 Å². The smallest absolute Gasteiger partial charge is 0.345 e. The molecule has 7 heteroatoms. The molecule has 2 N–H and O–H groups in total. The van der Waals surface area contributed by atoms with E-state index >= 15 is 0 Å². The molecule has 0 atom stereocenters. The summed E-state index contributed by atoms with van der Waals surface area (Å²) in [4.78, 5) is 16.8. The van der Waals surface area contributed by atoms with E-state index in [4.69, 9.17) is 10.5 Å². The van der Waals surface area contributed by atoms with Crippen molar-refractivity contribution in [3.05, 3.63) is 35.9 Å². The van der Waals surface area contributed by atoms with E-state index in [0.29, 0.717) is 23.8 Å². The average molecular weight is 329 g/mol. The Kier molecular flexibility index (Phi) is 4.71. The topological polar surface area (TPSA) is 76.6 Å². The minimum Gasteiger partial charge on any atom is -0.462 e. The Morgan fingerprint density at radius 3 is 2.50 bits per heavy atom. The third kappa shape index (κ3) is 3.07. The molecule has 2 heterocycles. The summed E-state index contributed by atoms with van der Waals surface area (Å²) in [6.07, 6.45) is 0. The number of nitrogens with two attached hydrogens (primary N) is 1. The van der Waals surface area contributed by atoms with E-state index in [1.54, 1.807) is 11.6 Å². The molecule has 1 aliphatic rings. The van der Waals surface area contributed by atoms with E-state index < -0.39 is 5.97 Å². The number of likely N-dealkylation sites (N-methyl/N-ethyl adjacent to an activating group) is 1. The van der Waals surface area contributed by atoms with E-state index in [1.165, 1.54) is 0 Å². The second-order valence-electron chi connectivity index (χ2n) is 5.84. The molecule has 1 aromatic heterocycles. The van der Waals surface area contributed by atoms with E-state index in [9.17, 15) is 4.79 Å². The van der Waals surface area contributed by atoms with E-state index in [2.05, 4.69) is 21.9 Å². The number of carbonyl (C=O) groups is 1. The van der Waals surface area contributed by atoms with Gasteiger partial charge in [-0.3, -0.25) is 0 Å². The minimum atomic E-state index is -0.425. The van der Waals surface area contributed by atoms with Crippen LogP contribution in [0, 0.1) is 0 Å². The van der Waals surface area contributed by atoms with Crippen LogP contribution in [0.2, 0.25) is 0 Å². The summed E-state index contributed by atoms with van der Waals surface area (Å²) >= 11 is 0. The van der Waals surface area contributed by atoms with Gasteiger partial charge >= 0.3 is 5.97 Å². The quantitative estimate of drug-likeness (QED) is 0.854. The molecular formula is C17H23N5O2. The van der Waals surface area contributed by atoms with Gasteiger partial charge in [0.15, 0.2) is 5.82 Å². The molecule has 0 amide bonds. The molecule has 1 fully saturated rings. The number of nitrogen functional groups attached to an aromatic ring is 1.